The minimum atomic E-state index is -3.33. The minimum absolute atomic E-state index is 0.101. The summed E-state index contributed by atoms with van der Waals surface area (Å²) in [7, 11) is -0.0786. The van der Waals surface area contributed by atoms with Crippen LogP contribution in [-0.4, -0.2) is 39.6 Å². The summed E-state index contributed by atoms with van der Waals surface area (Å²) < 4.78 is 24.5. The van der Waals surface area contributed by atoms with E-state index in [1.807, 2.05) is 30.3 Å². The first kappa shape index (κ1) is 18.0. The van der Waals surface area contributed by atoms with Gasteiger partial charge in [-0.1, -0.05) is 30.3 Å². The van der Waals surface area contributed by atoms with E-state index in [-0.39, 0.29) is 5.91 Å². The van der Waals surface area contributed by atoms with Gasteiger partial charge in [0, 0.05) is 26.2 Å². The molecule has 128 valence electrons. The van der Waals surface area contributed by atoms with Crippen molar-refractivity contribution in [2.75, 3.05) is 24.7 Å². The van der Waals surface area contributed by atoms with Crippen molar-refractivity contribution in [1.29, 1.82) is 0 Å². The zero-order valence-electron chi connectivity index (χ0n) is 14.4. The first-order valence-electron chi connectivity index (χ1n) is 7.54. The highest BCUT2D eigenvalue weighted by Gasteiger charge is 2.17. The molecule has 0 saturated carbocycles. The molecule has 6 heteroatoms. The maximum absolute atomic E-state index is 12.6. The molecule has 0 aliphatic rings. The zero-order valence-corrected chi connectivity index (χ0v) is 15.2. The van der Waals surface area contributed by atoms with Crippen LogP contribution < -0.4 is 4.31 Å². The molecule has 2 aromatic rings. The van der Waals surface area contributed by atoms with Gasteiger partial charge in [-0.05, 0) is 36.2 Å². The monoisotopic (exact) mass is 346 g/mol. The third-order valence-electron chi connectivity index (χ3n) is 3.89. The molecular weight excluding hydrogens is 324 g/mol. The maximum atomic E-state index is 12.6. The highest BCUT2D eigenvalue weighted by Crippen LogP contribution is 2.23. The molecule has 0 bridgehead atoms. The Labute approximate surface area is 143 Å². The van der Waals surface area contributed by atoms with Gasteiger partial charge >= 0.3 is 0 Å². The Balaban J connectivity index is 2.20. The van der Waals surface area contributed by atoms with Crippen molar-refractivity contribution in [3.63, 3.8) is 0 Å². The van der Waals surface area contributed by atoms with Crippen LogP contribution in [0.5, 0.6) is 0 Å². The average molecular weight is 346 g/mol. The second kappa shape index (κ2) is 7.05. The highest BCUT2D eigenvalue weighted by atomic mass is 32.2. The van der Waals surface area contributed by atoms with Crippen LogP contribution in [0.15, 0.2) is 48.5 Å². The van der Waals surface area contributed by atoms with Gasteiger partial charge in [-0.2, -0.15) is 0 Å². The topological polar surface area (TPSA) is 57.7 Å². The molecule has 0 fully saturated rings. The van der Waals surface area contributed by atoms with E-state index in [4.69, 9.17) is 0 Å². The van der Waals surface area contributed by atoms with Crippen LogP contribution in [-0.2, 0) is 16.6 Å². The molecule has 2 rings (SSSR count). The summed E-state index contributed by atoms with van der Waals surface area (Å²) in [5.74, 6) is -0.101. The van der Waals surface area contributed by atoms with E-state index in [1.165, 1.54) is 11.4 Å². The van der Waals surface area contributed by atoms with Gasteiger partial charge in [0.25, 0.3) is 5.91 Å². The van der Waals surface area contributed by atoms with Crippen molar-refractivity contribution in [2.45, 2.75) is 13.5 Å². The first-order valence-corrected chi connectivity index (χ1v) is 9.39. The second-order valence-electron chi connectivity index (χ2n) is 5.88. The van der Waals surface area contributed by atoms with Crippen LogP contribution in [0.4, 0.5) is 5.69 Å². The number of aryl methyl sites for hydroxylation is 1. The first-order chi connectivity index (χ1) is 11.2. The summed E-state index contributed by atoms with van der Waals surface area (Å²) in [6.45, 7) is 2.31. The molecule has 0 heterocycles. The lowest BCUT2D eigenvalue weighted by molar-refractivity contribution is 0.0785. The number of carbonyl (C=O) groups is 1. The number of nitrogens with zero attached hydrogens (tertiary/aromatic N) is 2. The maximum Gasteiger partial charge on any atom is 0.253 e. The molecule has 0 saturated heterocycles. The summed E-state index contributed by atoms with van der Waals surface area (Å²) in [5, 5.41) is 0. The van der Waals surface area contributed by atoms with Crippen LogP contribution in [0.1, 0.15) is 21.5 Å². The number of sulfonamides is 1. The normalized spacial score (nSPS) is 11.2. The summed E-state index contributed by atoms with van der Waals surface area (Å²) in [5.41, 5.74) is 2.90. The standard InChI is InChI=1S/C18H22N2O3S/c1-14-12-16(10-11-17(14)20(3)24(4,22)23)18(21)19(2)13-15-8-6-5-7-9-15/h5-12H,13H2,1-4H3. The molecule has 24 heavy (non-hydrogen) atoms. The fourth-order valence-electron chi connectivity index (χ4n) is 2.47. The van der Waals surface area contributed by atoms with Gasteiger partial charge < -0.3 is 4.90 Å². The molecule has 0 aliphatic carbocycles. The van der Waals surface area contributed by atoms with Gasteiger partial charge in [0.2, 0.25) is 10.0 Å². The molecule has 0 N–H and O–H groups in total. The summed E-state index contributed by atoms with van der Waals surface area (Å²) in [4.78, 5) is 14.2. The van der Waals surface area contributed by atoms with Crippen molar-refractivity contribution >= 4 is 21.6 Å². The van der Waals surface area contributed by atoms with E-state index in [0.717, 1.165) is 17.4 Å². The second-order valence-corrected chi connectivity index (χ2v) is 7.89. The smallest absolute Gasteiger partial charge is 0.253 e. The lowest BCUT2D eigenvalue weighted by Crippen LogP contribution is -2.27. The lowest BCUT2D eigenvalue weighted by atomic mass is 10.1. The number of benzene rings is 2. The fourth-order valence-corrected chi connectivity index (χ4v) is 3.03. The molecule has 0 atom stereocenters. The average Bonchev–Trinajstić information content (AvgIpc) is 2.53. The van der Waals surface area contributed by atoms with E-state index in [2.05, 4.69) is 0 Å². The molecule has 1 amide bonds. The molecule has 0 spiro atoms. The van der Waals surface area contributed by atoms with E-state index < -0.39 is 10.0 Å². The van der Waals surface area contributed by atoms with Gasteiger partial charge in [0.1, 0.15) is 0 Å². The number of amides is 1. The Kier molecular flexibility index (Phi) is 5.29. The summed E-state index contributed by atoms with van der Waals surface area (Å²) in [6.07, 6.45) is 1.15. The van der Waals surface area contributed by atoms with Gasteiger partial charge in [0.05, 0.1) is 11.9 Å². The summed E-state index contributed by atoms with van der Waals surface area (Å²) >= 11 is 0. The van der Waals surface area contributed by atoms with E-state index >= 15 is 0 Å². The number of hydrogen-bond acceptors (Lipinski definition) is 3. The Morgan fingerprint density at radius 3 is 2.21 bits per heavy atom. The Hall–Kier alpha value is -2.34. The SMILES string of the molecule is Cc1cc(C(=O)N(C)Cc2ccccc2)ccc1N(C)S(C)(=O)=O. The molecule has 0 aliphatic heterocycles. The van der Waals surface area contributed by atoms with Crippen molar-refractivity contribution in [3.8, 4) is 0 Å². The van der Waals surface area contributed by atoms with Gasteiger partial charge in [-0.15, -0.1) is 0 Å². The van der Waals surface area contributed by atoms with Gasteiger partial charge in [0.15, 0.2) is 0 Å². The fraction of sp³-hybridized carbons (Fsp3) is 0.278. The third kappa shape index (κ3) is 4.14. The third-order valence-corrected chi connectivity index (χ3v) is 5.08. The van der Waals surface area contributed by atoms with Crippen LogP contribution in [0.25, 0.3) is 0 Å². The van der Waals surface area contributed by atoms with Crippen molar-refractivity contribution in [2.24, 2.45) is 0 Å². The molecule has 0 radical (unpaired) electrons. The molecule has 0 aromatic heterocycles. The van der Waals surface area contributed by atoms with E-state index in [9.17, 15) is 13.2 Å². The minimum Gasteiger partial charge on any atom is -0.337 e. The largest absolute Gasteiger partial charge is 0.337 e. The van der Waals surface area contributed by atoms with Crippen LogP contribution >= 0.6 is 0 Å². The number of rotatable bonds is 5. The van der Waals surface area contributed by atoms with E-state index in [0.29, 0.717) is 17.8 Å². The Morgan fingerprint density at radius 1 is 1.04 bits per heavy atom. The van der Waals surface area contributed by atoms with Crippen LogP contribution in [0.2, 0.25) is 0 Å². The van der Waals surface area contributed by atoms with E-state index in [1.54, 1.807) is 37.1 Å². The molecule has 0 unspecified atom stereocenters. The van der Waals surface area contributed by atoms with Crippen LogP contribution in [0, 0.1) is 6.92 Å². The van der Waals surface area contributed by atoms with Crippen molar-refractivity contribution < 1.29 is 13.2 Å². The van der Waals surface area contributed by atoms with Crippen molar-refractivity contribution in [3.05, 3.63) is 65.2 Å². The lowest BCUT2D eigenvalue weighted by Gasteiger charge is -2.21. The Morgan fingerprint density at radius 2 is 1.67 bits per heavy atom. The van der Waals surface area contributed by atoms with Gasteiger partial charge in [-0.3, -0.25) is 9.10 Å². The predicted molar refractivity (Wildman–Crippen MR) is 96.7 cm³/mol. The number of hydrogen-bond donors (Lipinski definition) is 0. The van der Waals surface area contributed by atoms with Crippen LogP contribution in [0.3, 0.4) is 0 Å². The Bertz CT molecular complexity index is 833. The molecule has 5 nitrogen and oxygen atoms in total. The quantitative estimate of drug-likeness (QED) is 0.836. The molecule has 2 aromatic carbocycles. The molecular formula is C18H22N2O3S. The summed E-state index contributed by atoms with van der Waals surface area (Å²) in [6, 6.07) is 14.8. The highest BCUT2D eigenvalue weighted by molar-refractivity contribution is 7.92. The van der Waals surface area contributed by atoms with Crippen molar-refractivity contribution in [1.82, 2.24) is 4.90 Å². The number of carbonyl (C=O) groups excluding carboxylic acids is 1. The predicted octanol–water partition coefficient (Wildman–Crippen LogP) is 2.66. The van der Waals surface area contributed by atoms with Gasteiger partial charge in [-0.25, -0.2) is 8.42 Å². The zero-order chi connectivity index (χ0) is 17.9. The number of anilines is 1.